The second-order valence-corrected chi connectivity index (χ2v) is 9.34. The van der Waals surface area contributed by atoms with Crippen molar-refractivity contribution in [1.29, 1.82) is 0 Å². The van der Waals surface area contributed by atoms with Gasteiger partial charge >= 0.3 is 0 Å². The van der Waals surface area contributed by atoms with E-state index in [1.165, 1.54) is 0 Å². The Morgan fingerprint density at radius 1 is 1.00 bits per heavy atom. The number of hydrogen-bond acceptors (Lipinski definition) is 9. The molecule has 1 aliphatic rings. The van der Waals surface area contributed by atoms with Gasteiger partial charge in [-0.15, -0.1) is 10.2 Å². The summed E-state index contributed by atoms with van der Waals surface area (Å²) in [5, 5.41) is 17.8. The van der Waals surface area contributed by atoms with Crippen LogP contribution >= 0.6 is 0 Å². The third-order valence-electron chi connectivity index (χ3n) is 6.73. The topological polar surface area (TPSA) is 108 Å². The number of benzene rings is 1. The molecule has 0 spiro atoms. The van der Waals surface area contributed by atoms with E-state index in [-0.39, 0.29) is 5.92 Å². The molecule has 0 bridgehead atoms. The first-order valence-electron chi connectivity index (χ1n) is 12.7. The molecule has 0 N–H and O–H groups in total. The summed E-state index contributed by atoms with van der Waals surface area (Å²) in [5.41, 5.74) is 4.44. The third-order valence-corrected chi connectivity index (χ3v) is 6.73. The molecule has 1 aromatic carbocycles. The zero-order valence-electron chi connectivity index (χ0n) is 21.4. The van der Waals surface area contributed by atoms with Crippen LogP contribution in [0.15, 0.2) is 61.2 Å². The van der Waals surface area contributed by atoms with Gasteiger partial charge in [0.2, 0.25) is 0 Å². The van der Waals surface area contributed by atoms with Gasteiger partial charge in [0.05, 0.1) is 37.5 Å². The molecule has 11 nitrogen and oxygen atoms in total. The van der Waals surface area contributed by atoms with Crippen molar-refractivity contribution in [3.8, 4) is 28.4 Å². The number of ether oxygens (including phenoxy) is 2. The maximum atomic E-state index is 5.86. The minimum absolute atomic E-state index is 0.0515. The summed E-state index contributed by atoms with van der Waals surface area (Å²) in [6, 6.07) is 12.0. The van der Waals surface area contributed by atoms with Crippen LogP contribution < -0.4 is 4.74 Å². The molecule has 4 aromatic heterocycles. The summed E-state index contributed by atoms with van der Waals surface area (Å²) >= 11 is 0. The van der Waals surface area contributed by atoms with Crippen LogP contribution in [0.1, 0.15) is 24.2 Å². The Kier molecular flexibility index (Phi) is 6.76. The molecule has 1 aliphatic heterocycles. The van der Waals surface area contributed by atoms with Crippen LogP contribution in [0.4, 0.5) is 0 Å². The molecular weight excluding hydrogens is 482 g/mol. The number of fused-ring (bicyclic) bond motifs is 1. The van der Waals surface area contributed by atoms with Gasteiger partial charge in [0.15, 0.2) is 23.0 Å². The van der Waals surface area contributed by atoms with Crippen molar-refractivity contribution < 1.29 is 9.47 Å². The van der Waals surface area contributed by atoms with E-state index in [1.54, 1.807) is 27.8 Å². The molecule has 1 saturated heterocycles. The van der Waals surface area contributed by atoms with Gasteiger partial charge in [0, 0.05) is 49.9 Å². The predicted octanol–water partition coefficient (Wildman–Crippen LogP) is 2.84. The Balaban J connectivity index is 1.17. The quantitative estimate of drug-likeness (QED) is 0.311. The van der Waals surface area contributed by atoms with Crippen LogP contribution in [0.25, 0.3) is 28.3 Å². The van der Waals surface area contributed by atoms with Crippen molar-refractivity contribution in [2.75, 3.05) is 39.5 Å². The molecular formula is C27H29N9O2. The fourth-order valence-corrected chi connectivity index (χ4v) is 4.54. The van der Waals surface area contributed by atoms with Crippen LogP contribution in [-0.2, 0) is 11.8 Å². The van der Waals surface area contributed by atoms with Gasteiger partial charge in [-0.1, -0.05) is 25.1 Å². The first-order chi connectivity index (χ1) is 18.6. The van der Waals surface area contributed by atoms with E-state index in [0.717, 1.165) is 61.1 Å². The van der Waals surface area contributed by atoms with E-state index in [1.807, 2.05) is 37.5 Å². The highest BCUT2D eigenvalue weighted by Crippen LogP contribution is 2.27. The van der Waals surface area contributed by atoms with Gasteiger partial charge in [-0.05, 0) is 23.8 Å². The van der Waals surface area contributed by atoms with E-state index >= 15 is 0 Å². The predicted molar refractivity (Wildman–Crippen MR) is 141 cm³/mol. The van der Waals surface area contributed by atoms with Crippen molar-refractivity contribution in [2.45, 2.75) is 12.8 Å². The van der Waals surface area contributed by atoms with Crippen LogP contribution in [0.5, 0.6) is 5.75 Å². The van der Waals surface area contributed by atoms with Gasteiger partial charge in [0.25, 0.3) is 0 Å². The number of aryl methyl sites for hydroxylation is 1. The van der Waals surface area contributed by atoms with Crippen LogP contribution in [0, 0.1) is 0 Å². The molecule has 0 saturated carbocycles. The van der Waals surface area contributed by atoms with Crippen molar-refractivity contribution >= 4 is 5.65 Å². The lowest BCUT2D eigenvalue weighted by Gasteiger charge is -2.26. The van der Waals surface area contributed by atoms with Crippen molar-refractivity contribution in [2.24, 2.45) is 7.05 Å². The van der Waals surface area contributed by atoms with Crippen LogP contribution in [-0.4, -0.2) is 83.9 Å². The lowest BCUT2D eigenvalue weighted by Crippen LogP contribution is -2.38. The first kappa shape index (κ1) is 24.1. The minimum atomic E-state index is -0.0515. The molecule has 11 heteroatoms. The molecule has 1 fully saturated rings. The van der Waals surface area contributed by atoms with E-state index in [2.05, 4.69) is 49.2 Å². The fraction of sp³-hybridized carbons (Fsp3) is 0.333. The molecule has 5 aromatic rings. The largest absolute Gasteiger partial charge is 0.489 e. The molecule has 1 atom stereocenters. The summed E-state index contributed by atoms with van der Waals surface area (Å²) in [4.78, 5) is 11.4. The summed E-state index contributed by atoms with van der Waals surface area (Å²) in [6.07, 6.45) is 7.19. The molecule has 0 aliphatic carbocycles. The van der Waals surface area contributed by atoms with Crippen LogP contribution in [0.2, 0.25) is 0 Å². The van der Waals surface area contributed by atoms with Gasteiger partial charge < -0.3 is 9.47 Å². The minimum Gasteiger partial charge on any atom is -0.489 e. The standard InChI is InChI=1S/C27H29N9O2/c1-19(27-32-31-25-7-6-24(33-36(25)27)22-15-30-34(2)18-22)20-4-3-5-21(14-20)26-28-16-23(17-29-26)38-13-10-35-8-11-37-12-9-35/h3-7,14-19H,8-13H2,1-2H3. The third kappa shape index (κ3) is 5.11. The molecule has 0 radical (unpaired) electrons. The van der Waals surface area contributed by atoms with Crippen molar-refractivity contribution in [1.82, 2.24) is 44.5 Å². The molecule has 194 valence electrons. The average Bonchev–Trinajstić information content (AvgIpc) is 3.59. The van der Waals surface area contributed by atoms with E-state index in [0.29, 0.717) is 23.8 Å². The maximum absolute atomic E-state index is 5.86. The monoisotopic (exact) mass is 511 g/mol. The first-order valence-corrected chi connectivity index (χ1v) is 12.7. The van der Waals surface area contributed by atoms with E-state index < -0.39 is 0 Å². The highest BCUT2D eigenvalue weighted by atomic mass is 16.5. The lowest BCUT2D eigenvalue weighted by atomic mass is 9.98. The highest BCUT2D eigenvalue weighted by molar-refractivity contribution is 5.59. The molecule has 6 rings (SSSR count). The number of morpholine rings is 1. The van der Waals surface area contributed by atoms with Gasteiger partial charge in [0.1, 0.15) is 6.61 Å². The van der Waals surface area contributed by atoms with Gasteiger partial charge in [-0.3, -0.25) is 9.58 Å². The number of aromatic nitrogens is 8. The van der Waals surface area contributed by atoms with Crippen LogP contribution in [0.3, 0.4) is 0 Å². The van der Waals surface area contributed by atoms with Crippen molar-refractivity contribution in [3.63, 3.8) is 0 Å². The molecule has 5 heterocycles. The Morgan fingerprint density at radius 2 is 1.84 bits per heavy atom. The smallest absolute Gasteiger partial charge is 0.177 e. The SMILES string of the molecule is CC(c1cccc(-c2ncc(OCCN3CCOCC3)cn2)c1)c1nnc2ccc(-c3cnn(C)c3)nn12. The second-order valence-electron chi connectivity index (χ2n) is 9.34. The number of nitrogens with zero attached hydrogens (tertiary/aromatic N) is 9. The average molecular weight is 512 g/mol. The summed E-state index contributed by atoms with van der Waals surface area (Å²) in [6.45, 7) is 7.01. The summed E-state index contributed by atoms with van der Waals surface area (Å²) in [5.74, 6) is 2.01. The molecule has 1 unspecified atom stereocenters. The molecule has 38 heavy (non-hydrogen) atoms. The summed E-state index contributed by atoms with van der Waals surface area (Å²) < 4.78 is 14.8. The Hall–Kier alpha value is -4.22. The normalized spacial score (nSPS) is 15.1. The van der Waals surface area contributed by atoms with Gasteiger partial charge in [-0.2, -0.15) is 14.7 Å². The molecule has 0 amide bonds. The highest BCUT2D eigenvalue weighted by Gasteiger charge is 2.18. The zero-order chi connectivity index (χ0) is 25.9. The summed E-state index contributed by atoms with van der Waals surface area (Å²) in [7, 11) is 1.89. The van der Waals surface area contributed by atoms with Gasteiger partial charge in [-0.25, -0.2) is 9.97 Å². The zero-order valence-corrected chi connectivity index (χ0v) is 21.4. The number of hydrogen-bond donors (Lipinski definition) is 0. The number of rotatable bonds is 8. The Morgan fingerprint density at radius 3 is 2.63 bits per heavy atom. The maximum Gasteiger partial charge on any atom is 0.177 e. The van der Waals surface area contributed by atoms with E-state index in [4.69, 9.17) is 14.6 Å². The second kappa shape index (κ2) is 10.6. The lowest BCUT2D eigenvalue weighted by molar-refractivity contribution is 0.0322. The Labute approximate surface area is 220 Å². The Bertz CT molecular complexity index is 1520. The fourth-order valence-electron chi connectivity index (χ4n) is 4.54. The van der Waals surface area contributed by atoms with Crippen molar-refractivity contribution in [3.05, 3.63) is 72.6 Å². The van der Waals surface area contributed by atoms with E-state index in [9.17, 15) is 0 Å².